The molecular weight excluding hydrogens is 266 g/mol. The highest BCUT2D eigenvalue weighted by atomic mass is 16.2. The molecule has 2 N–H and O–H groups in total. The van der Waals surface area contributed by atoms with Crippen molar-refractivity contribution in [2.45, 2.75) is 39.0 Å². The van der Waals surface area contributed by atoms with Gasteiger partial charge >= 0.3 is 0 Å². The van der Waals surface area contributed by atoms with Gasteiger partial charge in [0, 0.05) is 19.3 Å². The first-order chi connectivity index (χ1) is 10.1. The van der Waals surface area contributed by atoms with Gasteiger partial charge in [-0.3, -0.25) is 14.6 Å². The Balaban J connectivity index is 2.00. The number of primary amides is 1. The van der Waals surface area contributed by atoms with Crippen LogP contribution < -0.4 is 5.73 Å². The smallest absolute Gasteiger partial charge is 0.267 e. The molecule has 2 heterocycles. The molecule has 1 aromatic rings. The summed E-state index contributed by atoms with van der Waals surface area (Å²) < 4.78 is 0. The zero-order chi connectivity index (χ0) is 15.2. The third kappa shape index (κ3) is 4.03. The van der Waals surface area contributed by atoms with Crippen LogP contribution in [0.1, 0.15) is 59.9 Å². The Morgan fingerprint density at radius 3 is 2.76 bits per heavy atom. The van der Waals surface area contributed by atoms with Crippen LogP contribution in [-0.2, 0) is 0 Å². The first kappa shape index (κ1) is 15.5. The second kappa shape index (κ2) is 7.20. The largest absolute Gasteiger partial charge is 0.364 e. The van der Waals surface area contributed by atoms with Crippen molar-refractivity contribution in [3.63, 3.8) is 0 Å². The molecule has 2 rings (SSSR count). The summed E-state index contributed by atoms with van der Waals surface area (Å²) in [5, 5.41) is 0. The number of hydrogen-bond donors (Lipinski definition) is 1. The molecule has 5 heteroatoms. The molecular formula is C16H23N3O2. The lowest BCUT2D eigenvalue weighted by atomic mass is 9.96. The van der Waals surface area contributed by atoms with Crippen LogP contribution >= 0.6 is 0 Å². The van der Waals surface area contributed by atoms with Gasteiger partial charge in [-0.05, 0) is 37.3 Å². The molecule has 5 nitrogen and oxygen atoms in total. The maximum atomic E-state index is 12.5. The molecule has 0 aromatic carbocycles. The van der Waals surface area contributed by atoms with Crippen molar-refractivity contribution < 1.29 is 9.59 Å². The van der Waals surface area contributed by atoms with Crippen molar-refractivity contribution in [2.24, 2.45) is 11.7 Å². The Kier molecular flexibility index (Phi) is 5.31. The van der Waals surface area contributed by atoms with E-state index in [0.29, 0.717) is 5.56 Å². The molecule has 0 radical (unpaired) electrons. The molecule has 1 atom stereocenters. The number of carbonyl (C=O) groups is 2. The van der Waals surface area contributed by atoms with Crippen LogP contribution in [-0.4, -0.2) is 34.8 Å². The van der Waals surface area contributed by atoms with Gasteiger partial charge in [0.15, 0.2) is 0 Å². The Morgan fingerprint density at radius 2 is 2.14 bits per heavy atom. The van der Waals surface area contributed by atoms with Crippen molar-refractivity contribution in [1.82, 2.24) is 9.88 Å². The maximum Gasteiger partial charge on any atom is 0.267 e. The van der Waals surface area contributed by atoms with Crippen molar-refractivity contribution in [1.29, 1.82) is 0 Å². The van der Waals surface area contributed by atoms with E-state index < -0.39 is 5.91 Å². The average Bonchev–Trinajstić information content (AvgIpc) is 2.73. The molecule has 1 fully saturated rings. The van der Waals surface area contributed by atoms with E-state index in [4.69, 9.17) is 5.73 Å². The Hall–Kier alpha value is -1.91. The molecule has 114 valence electrons. The number of nitrogens with zero attached hydrogens (tertiary/aromatic N) is 2. The molecule has 1 saturated heterocycles. The number of likely N-dealkylation sites (tertiary alicyclic amines) is 1. The first-order valence-corrected chi connectivity index (χ1v) is 7.67. The number of amides is 2. The zero-order valence-corrected chi connectivity index (χ0v) is 12.5. The van der Waals surface area contributed by atoms with Gasteiger partial charge < -0.3 is 10.6 Å². The zero-order valence-electron chi connectivity index (χ0n) is 12.5. The van der Waals surface area contributed by atoms with Gasteiger partial charge in [-0.1, -0.05) is 19.8 Å². The predicted octanol–water partition coefficient (Wildman–Crippen LogP) is 2.22. The van der Waals surface area contributed by atoms with Crippen LogP contribution in [0.25, 0.3) is 0 Å². The molecule has 2 amide bonds. The van der Waals surface area contributed by atoms with E-state index in [1.807, 2.05) is 4.90 Å². The highest BCUT2D eigenvalue weighted by Gasteiger charge is 2.21. The van der Waals surface area contributed by atoms with Gasteiger partial charge in [-0.15, -0.1) is 0 Å². The Morgan fingerprint density at radius 1 is 1.33 bits per heavy atom. The molecule has 1 unspecified atom stereocenters. The highest BCUT2D eigenvalue weighted by Crippen LogP contribution is 2.22. The number of pyridine rings is 1. The number of rotatable bonds is 4. The summed E-state index contributed by atoms with van der Waals surface area (Å²) in [5.74, 6) is 0.157. The minimum atomic E-state index is -0.578. The topological polar surface area (TPSA) is 76.3 Å². The standard InChI is InChI=1S/C16H23N3O2/c1-2-4-12-5-3-9-19(10-8-12)16(21)13-6-7-14(15(17)20)18-11-13/h6-7,11-12H,2-5,8-10H2,1H3,(H2,17,20). The van der Waals surface area contributed by atoms with Gasteiger partial charge in [-0.25, -0.2) is 0 Å². The van der Waals surface area contributed by atoms with E-state index in [0.717, 1.165) is 31.8 Å². The van der Waals surface area contributed by atoms with E-state index >= 15 is 0 Å². The van der Waals surface area contributed by atoms with E-state index in [2.05, 4.69) is 11.9 Å². The van der Waals surface area contributed by atoms with Gasteiger partial charge in [0.1, 0.15) is 5.69 Å². The maximum absolute atomic E-state index is 12.5. The van der Waals surface area contributed by atoms with Gasteiger partial charge in [-0.2, -0.15) is 0 Å². The molecule has 0 spiro atoms. The van der Waals surface area contributed by atoms with Crippen LogP contribution in [0.5, 0.6) is 0 Å². The van der Waals surface area contributed by atoms with Crippen molar-refractivity contribution in [3.05, 3.63) is 29.6 Å². The van der Waals surface area contributed by atoms with Crippen LogP contribution in [0.2, 0.25) is 0 Å². The van der Waals surface area contributed by atoms with Crippen LogP contribution in [0.4, 0.5) is 0 Å². The predicted molar refractivity (Wildman–Crippen MR) is 80.9 cm³/mol. The number of nitrogens with two attached hydrogens (primary N) is 1. The van der Waals surface area contributed by atoms with Crippen LogP contribution in [0.15, 0.2) is 18.3 Å². The molecule has 1 aliphatic heterocycles. The fourth-order valence-corrected chi connectivity index (χ4v) is 2.91. The lowest BCUT2D eigenvalue weighted by Crippen LogP contribution is -2.32. The van der Waals surface area contributed by atoms with Crippen LogP contribution in [0.3, 0.4) is 0 Å². The minimum Gasteiger partial charge on any atom is -0.364 e. The normalized spacial score (nSPS) is 19.1. The molecule has 21 heavy (non-hydrogen) atoms. The van der Waals surface area contributed by atoms with Crippen molar-refractivity contribution in [2.75, 3.05) is 13.1 Å². The van der Waals surface area contributed by atoms with E-state index in [9.17, 15) is 9.59 Å². The molecule has 1 aliphatic rings. The fraction of sp³-hybridized carbons (Fsp3) is 0.562. The summed E-state index contributed by atoms with van der Waals surface area (Å²) in [7, 11) is 0. The lowest BCUT2D eigenvalue weighted by molar-refractivity contribution is 0.0758. The SMILES string of the molecule is CCCC1CCCN(C(=O)c2ccc(C(N)=O)nc2)CC1. The average molecular weight is 289 g/mol. The quantitative estimate of drug-likeness (QED) is 0.923. The second-order valence-corrected chi connectivity index (χ2v) is 5.67. The van der Waals surface area contributed by atoms with Crippen LogP contribution in [0, 0.1) is 5.92 Å². The molecule has 0 saturated carbocycles. The van der Waals surface area contributed by atoms with Crippen molar-refractivity contribution >= 4 is 11.8 Å². The third-order valence-corrected chi connectivity index (χ3v) is 4.09. The minimum absolute atomic E-state index is 0.00401. The summed E-state index contributed by atoms with van der Waals surface area (Å²) in [5.41, 5.74) is 5.86. The van der Waals surface area contributed by atoms with E-state index in [1.165, 1.54) is 31.5 Å². The Labute approximate surface area is 125 Å². The lowest BCUT2D eigenvalue weighted by Gasteiger charge is -2.20. The van der Waals surface area contributed by atoms with E-state index in [-0.39, 0.29) is 11.6 Å². The Bertz CT molecular complexity index is 499. The second-order valence-electron chi connectivity index (χ2n) is 5.67. The van der Waals surface area contributed by atoms with E-state index in [1.54, 1.807) is 6.07 Å². The summed E-state index contributed by atoms with van der Waals surface area (Å²) in [6.07, 6.45) is 7.23. The monoisotopic (exact) mass is 289 g/mol. The number of aromatic nitrogens is 1. The summed E-state index contributed by atoms with van der Waals surface area (Å²) in [6.45, 7) is 3.82. The van der Waals surface area contributed by atoms with Crippen molar-refractivity contribution in [3.8, 4) is 0 Å². The molecule has 0 bridgehead atoms. The molecule has 1 aromatic heterocycles. The molecule has 0 aliphatic carbocycles. The summed E-state index contributed by atoms with van der Waals surface area (Å²) in [4.78, 5) is 29.3. The highest BCUT2D eigenvalue weighted by molar-refractivity contribution is 5.95. The van der Waals surface area contributed by atoms with Gasteiger partial charge in [0.25, 0.3) is 11.8 Å². The number of carbonyl (C=O) groups excluding carboxylic acids is 2. The van der Waals surface area contributed by atoms with Gasteiger partial charge in [0.2, 0.25) is 0 Å². The fourth-order valence-electron chi connectivity index (χ4n) is 2.91. The third-order valence-electron chi connectivity index (χ3n) is 4.09. The summed E-state index contributed by atoms with van der Waals surface area (Å²) >= 11 is 0. The number of hydrogen-bond acceptors (Lipinski definition) is 3. The first-order valence-electron chi connectivity index (χ1n) is 7.67. The summed E-state index contributed by atoms with van der Waals surface area (Å²) in [6, 6.07) is 3.14. The van der Waals surface area contributed by atoms with Gasteiger partial charge in [0.05, 0.1) is 5.56 Å².